The van der Waals surface area contributed by atoms with Gasteiger partial charge in [-0.2, -0.15) is 0 Å². The van der Waals surface area contributed by atoms with Crippen molar-refractivity contribution in [2.75, 3.05) is 0 Å². The number of hydrogen-bond acceptors (Lipinski definition) is 6. The second-order valence-corrected chi connectivity index (χ2v) is 7.79. The molecule has 10 nitrogen and oxygen atoms in total. The van der Waals surface area contributed by atoms with Gasteiger partial charge in [0.2, 0.25) is 0 Å². The summed E-state index contributed by atoms with van der Waals surface area (Å²) in [5.74, 6) is -2.06. The highest BCUT2D eigenvalue weighted by Gasteiger charge is 2.19. The van der Waals surface area contributed by atoms with E-state index in [9.17, 15) is 22.8 Å². The van der Waals surface area contributed by atoms with E-state index in [-0.39, 0.29) is 10.5 Å². The number of sulfonamides is 1. The van der Waals surface area contributed by atoms with Gasteiger partial charge in [-0.05, 0) is 36.8 Å². The number of carbonyl (C=O) groups excluding carboxylic acids is 1. The molecular weight excluding hydrogens is 400 g/mol. The minimum absolute atomic E-state index is 0.172. The maximum atomic E-state index is 12.4. The lowest BCUT2D eigenvalue weighted by Crippen LogP contribution is -2.44. The summed E-state index contributed by atoms with van der Waals surface area (Å²) < 4.78 is 25.9. The molecule has 3 N–H and O–H groups in total. The molecule has 0 aliphatic heterocycles. The van der Waals surface area contributed by atoms with E-state index in [0.29, 0.717) is 16.6 Å². The van der Waals surface area contributed by atoms with E-state index in [1.165, 1.54) is 19.1 Å². The molecule has 0 bridgehead atoms. The van der Waals surface area contributed by atoms with Crippen LogP contribution in [0.25, 0.3) is 11.0 Å². The van der Waals surface area contributed by atoms with Gasteiger partial charge < -0.3 is 5.11 Å². The van der Waals surface area contributed by atoms with Crippen LogP contribution in [0.15, 0.2) is 58.4 Å². The van der Waals surface area contributed by atoms with E-state index in [1.54, 1.807) is 24.3 Å². The van der Waals surface area contributed by atoms with Gasteiger partial charge in [-0.15, -0.1) is 4.83 Å². The topological polar surface area (TPSA) is 147 Å². The van der Waals surface area contributed by atoms with Crippen molar-refractivity contribution in [1.82, 2.24) is 19.8 Å². The van der Waals surface area contributed by atoms with Crippen LogP contribution in [0.5, 0.6) is 0 Å². The highest BCUT2D eigenvalue weighted by Crippen LogP contribution is 2.15. The fraction of sp³-hybridized carbons (Fsp3) is 0.111. The lowest BCUT2D eigenvalue weighted by molar-refractivity contribution is -0.122. The van der Waals surface area contributed by atoms with Gasteiger partial charge in [0.05, 0.1) is 27.7 Å². The smallest absolute Gasteiger partial charge is 0.335 e. The zero-order chi connectivity index (χ0) is 21.2. The summed E-state index contributed by atoms with van der Waals surface area (Å²) in [5, 5.41) is 9.13. The number of nitrogens with zero attached hydrogens (tertiary/aromatic N) is 2. The van der Waals surface area contributed by atoms with Crippen LogP contribution >= 0.6 is 0 Å². The number of fused-ring (bicyclic) bond motifs is 1. The van der Waals surface area contributed by atoms with Gasteiger partial charge in [0, 0.05) is 0 Å². The Balaban J connectivity index is 1.78. The maximum Gasteiger partial charge on any atom is 0.335 e. The van der Waals surface area contributed by atoms with Crippen LogP contribution in [-0.4, -0.2) is 35.0 Å². The number of benzene rings is 2. The molecule has 0 saturated carbocycles. The molecule has 1 amide bonds. The van der Waals surface area contributed by atoms with E-state index in [0.717, 1.165) is 16.8 Å². The second kappa shape index (κ2) is 7.81. The van der Waals surface area contributed by atoms with Crippen LogP contribution in [0.2, 0.25) is 0 Å². The third-order valence-corrected chi connectivity index (χ3v) is 5.37. The number of carboxylic acid groups (broad SMARTS) is 1. The molecule has 3 aromatic rings. The van der Waals surface area contributed by atoms with Gasteiger partial charge in [-0.1, -0.05) is 18.2 Å². The van der Waals surface area contributed by atoms with Gasteiger partial charge in [-0.3, -0.25) is 19.6 Å². The van der Waals surface area contributed by atoms with E-state index in [2.05, 4.69) is 4.98 Å². The van der Waals surface area contributed by atoms with Crippen molar-refractivity contribution in [2.45, 2.75) is 18.4 Å². The third-order valence-electron chi connectivity index (χ3n) is 4.13. The Morgan fingerprint density at radius 2 is 1.90 bits per heavy atom. The first kappa shape index (κ1) is 20.2. The van der Waals surface area contributed by atoms with Crippen molar-refractivity contribution in [3.05, 3.63) is 70.1 Å². The lowest BCUT2D eigenvalue weighted by Gasteiger charge is -2.12. The lowest BCUT2D eigenvalue weighted by atomic mass is 10.1. The van der Waals surface area contributed by atoms with Crippen LogP contribution in [0.4, 0.5) is 0 Å². The molecule has 150 valence electrons. The predicted octanol–water partition coefficient (Wildman–Crippen LogP) is 0.413. The van der Waals surface area contributed by atoms with E-state index >= 15 is 0 Å². The molecule has 1 aromatic heterocycles. The first-order chi connectivity index (χ1) is 13.7. The van der Waals surface area contributed by atoms with Gasteiger partial charge in [0.15, 0.2) is 0 Å². The molecular formula is C18H16N4O6S. The molecule has 29 heavy (non-hydrogen) atoms. The summed E-state index contributed by atoms with van der Waals surface area (Å²) in [6.07, 6.45) is 1.07. The molecule has 0 radical (unpaired) electrons. The Labute approximate surface area is 164 Å². The fourth-order valence-electron chi connectivity index (χ4n) is 2.64. The number of aryl methyl sites for hydroxylation is 1. The molecule has 3 rings (SSSR count). The highest BCUT2D eigenvalue weighted by molar-refractivity contribution is 7.89. The first-order valence-corrected chi connectivity index (χ1v) is 9.76. The van der Waals surface area contributed by atoms with Gasteiger partial charge in [0.25, 0.3) is 21.5 Å². The Morgan fingerprint density at radius 3 is 2.62 bits per heavy atom. The number of nitrogens with one attached hydrogen (secondary N) is 2. The summed E-state index contributed by atoms with van der Waals surface area (Å²) in [7, 11) is -4.22. The summed E-state index contributed by atoms with van der Waals surface area (Å²) >= 11 is 0. The molecule has 2 aromatic carbocycles. The second-order valence-electron chi connectivity index (χ2n) is 6.11. The van der Waals surface area contributed by atoms with Crippen molar-refractivity contribution < 1.29 is 23.1 Å². The number of carbonyl (C=O) groups is 2. The fourth-order valence-corrected chi connectivity index (χ4v) is 3.53. The van der Waals surface area contributed by atoms with Crippen LogP contribution < -0.4 is 15.8 Å². The van der Waals surface area contributed by atoms with Gasteiger partial charge in [0.1, 0.15) is 6.54 Å². The average Bonchev–Trinajstić information content (AvgIpc) is 2.68. The van der Waals surface area contributed by atoms with E-state index < -0.39 is 34.0 Å². The van der Waals surface area contributed by atoms with Crippen LogP contribution in [0, 0.1) is 6.92 Å². The van der Waals surface area contributed by atoms with Crippen LogP contribution in [-0.2, 0) is 21.4 Å². The summed E-state index contributed by atoms with van der Waals surface area (Å²) in [6.45, 7) is 1.09. The van der Waals surface area contributed by atoms with Crippen LogP contribution in [0.3, 0.4) is 0 Å². The standard InChI is InChI=1S/C18H16N4O6S/c1-11-6-7-12(8-13(11)18(25)26)29(27,28)21-20-16(23)10-22-15-5-3-2-4-14(15)19-9-17(22)24/h2-9,21H,10H2,1H3,(H,20,23)(H,25,26). The zero-order valence-corrected chi connectivity index (χ0v) is 15.9. The Hall–Kier alpha value is -3.57. The van der Waals surface area contributed by atoms with Crippen molar-refractivity contribution in [1.29, 1.82) is 0 Å². The molecule has 0 aliphatic rings. The number of aromatic nitrogens is 2. The Bertz CT molecular complexity index is 1280. The summed E-state index contributed by atoms with van der Waals surface area (Å²) in [6, 6.07) is 10.3. The molecule has 0 unspecified atom stereocenters. The van der Waals surface area contributed by atoms with Crippen molar-refractivity contribution >= 4 is 32.9 Å². The number of carboxylic acids is 1. The molecule has 0 atom stereocenters. The molecule has 1 heterocycles. The zero-order valence-electron chi connectivity index (χ0n) is 15.1. The number of para-hydroxylation sites is 2. The molecule has 11 heteroatoms. The number of amides is 1. The Morgan fingerprint density at radius 1 is 1.17 bits per heavy atom. The number of aromatic carboxylic acids is 1. The number of hydrogen-bond donors (Lipinski definition) is 3. The quantitative estimate of drug-likeness (QED) is 0.493. The minimum Gasteiger partial charge on any atom is -0.478 e. The predicted molar refractivity (Wildman–Crippen MR) is 103 cm³/mol. The molecule has 0 aliphatic carbocycles. The summed E-state index contributed by atoms with van der Waals surface area (Å²) in [5.41, 5.74) is 2.64. The molecule has 0 fully saturated rings. The van der Waals surface area contributed by atoms with Crippen molar-refractivity contribution in [3.8, 4) is 0 Å². The summed E-state index contributed by atoms with van der Waals surface area (Å²) in [4.78, 5) is 41.0. The van der Waals surface area contributed by atoms with Gasteiger partial charge >= 0.3 is 5.97 Å². The first-order valence-electron chi connectivity index (χ1n) is 8.28. The largest absolute Gasteiger partial charge is 0.478 e. The van der Waals surface area contributed by atoms with Crippen molar-refractivity contribution in [2.24, 2.45) is 0 Å². The van der Waals surface area contributed by atoms with E-state index in [4.69, 9.17) is 5.11 Å². The monoisotopic (exact) mass is 416 g/mol. The van der Waals surface area contributed by atoms with E-state index in [1.807, 2.05) is 10.3 Å². The Kier molecular flexibility index (Phi) is 5.43. The SMILES string of the molecule is Cc1ccc(S(=O)(=O)NNC(=O)Cn2c(=O)cnc3ccccc32)cc1C(=O)O. The third kappa shape index (κ3) is 4.31. The van der Waals surface area contributed by atoms with Gasteiger partial charge in [-0.25, -0.2) is 18.2 Å². The normalized spacial score (nSPS) is 11.3. The van der Waals surface area contributed by atoms with Crippen LogP contribution in [0.1, 0.15) is 15.9 Å². The number of hydrazine groups is 1. The number of rotatable bonds is 6. The van der Waals surface area contributed by atoms with Crippen molar-refractivity contribution in [3.63, 3.8) is 0 Å². The molecule has 0 saturated heterocycles. The maximum absolute atomic E-state index is 12.4. The minimum atomic E-state index is -4.22. The average molecular weight is 416 g/mol. The molecule has 0 spiro atoms. The highest BCUT2D eigenvalue weighted by atomic mass is 32.2.